The Morgan fingerprint density at radius 2 is 1.83 bits per heavy atom. The molecule has 9 heteroatoms. The number of amides is 2. The highest BCUT2D eigenvalue weighted by Crippen LogP contribution is 2.39. The third kappa shape index (κ3) is 4.68. The number of hydrogen-bond acceptors (Lipinski definition) is 6. The first kappa shape index (κ1) is 23.0. The van der Waals surface area contributed by atoms with E-state index in [9.17, 15) is 9.59 Å². The van der Waals surface area contributed by atoms with E-state index >= 15 is 0 Å². The Balaban J connectivity index is 1.05. The normalized spacial score (nSPS) is 19.8. The molecule has 3 aliphatic rings. The van der Waals surface area contributed by atoms with E-state index in [1.54, 1.807) is 18.0 Å². The molecule has 1 aromatic heterocycles. The summed E-state index contributed by atoms with van der Waals surface area (Å²) in [4.78, 5) is 30.8. The molecule has 4 heterocycles. The van der Waals surface area contributed by atoms with Crippen molar-refractivity contribution in [3.8, 4) is 11.5 Å². The van der Waals surface area contributed by atoms with Gasteiger partial charge in [-0.25, -0.2) is 0 Å². The van der Waals surface area contributed by atoms with Gasteiger partial charge in [-0.15, -0.1) is 11.8 Å². The van der Waals surface area contributed by atoms with E-state index in [0.29, 0.717) is 17.9 Å². The van der Waals surface area contributed by atoms with Crippen molar-refractivity contribution in [3.63, 3.8) is 0 Å². The molecule has 3 aromatic rings. The average molecular weight is 507 g/mol. The number of thioether (sulfide) groups is 1. The molecule has 2 aromatic carbocycles. The van der Waals surface area contributed by atoms with Gasteiger partial charge in [0.1, 0.15) is 17.7 Å². The molecule has 2 saturated heterocycles. The number of benzene rings is 2. The number of furan rings is 1. The van der Waals surface area contributed by atoms with Crippen molar-refractivity contribution in [3.05, 3.63) is 83.3 Å². The predicted octanol–water partition coefficient (Wildman–Crippen LogP) is 2.32. The lowest BCUT2D eigenvalue weighted by Gasteiger charge is -2.32. The number of quaternary nitrogens is 1. The molecule has 3 aliphatic heterocycles. The van der Waals surface area contributed by atoms with Crippen molar-refractivity contribution >= 4 is 23.6 Å². The maximum atomic E-state index is 13.2. The molecule has 1 atom stereocenters. The van der Waals surface area contributed by atoms with Crippen LogP contribution in [0.15, 0.2) is 65.3 Å². The minimum absolute atomic E-state index is 0.0614. The first-order valence-corrected chi connectivity index (χ1v) is 13.2. The van der Waals surface area contributed by atoms with Gasteiger partial charge in [0.2, 0.25) is 12.7 Å². The Bertz CT molecular complexity index is 1240. The number of ether oxygens (including phenoxy) is 2. The zero-order valence-corrected chi connectivity index (χ0v) is 20.7. The quantitative estimate of drug-likeness (QED) is 0.553. The first-order chi connectivity index (χ1) is 17.6. The van der Waals surface area contributed by atoms with Crippen LogP contribution in [0.2, 0.25) is 0 Å². The minimum Gasteiger partial charge on any atom is -0.467 e. The second-order valence-corrected chi connectivity index (χ2v) is 10.4. The van der Waals surface area contributed by atoms with Crippen LogP contribution in [0.4, 0.5) is 0 Å². The van der Waals surface area contributed by atoms with E-state index in [0.717, 1.165) is 55.5 Å². The van der Waals surface area contributed by atoms with Crippen LogP contribution in [0.1, 0.15) is 32.6 Å². The maximum Gasteiger partial charge on any atom is 0.254 e. The molecule has 0 aliphatic carbocycles. The molecule has 8 nitrogen and oxygen atoms in total. The highest BCUT2D eigenvalue weighted by Gasteiger charge is 2.33. The summed E-state index contributed by atoms with van der Waals surface area (Å²) >= 11 is 1.60. The van der Waals surface area contributed by atoms with Gasteiger partial charge in [-0.05, 0) is 48.0 Å². The maximum absolute atomic E-state index is 13.2. The highest BCUT2D eigenvalue weighted by molar-refractivity contribution is 8.00. The monoisotopic (exact) mass is 506 g/mol. The fourth-order valence-electron chi connectivity index (χ4n) is 4.99. The topological polar surface area (TPSA) is 76.7 Å². The smallest absolute Gasteiger partial charge is 0.254 e. The first-order valence-electron chi connectivity index (χ1n) is 12.2. The number of nitrogens with one attached hydrogen (secondary N) is 1. The summed E-state index contributed by atoms with van der Waals surface area (Å²) in [5.41, 5.74) is 2.92. The zero-order chi connectivity index (χ0) is 24.5. The van der Waals surface area contributed by atoms with Crippen LogP contribution in [-0.4, -0.2) is 60.3 Å². The lowest BCUT2D eigenvalue weighted by Crippen LogP contribution is -3.13. The third-order valence-corrected chi connectivity index (χ3v) is 8.22. The Hall–Kier alpha value is -3.43. The van der Waals surface area contributed by atoms with Crippen molar-refractivity contribution in [1.82, 2.24) is 9.80 Å². The largest absolute Gasteiger partial charge is 0.467 e. The van der Waals surface area contributed by atoms with Gasteiger partial charge in [0.05, 0.1) is 44.7 Å². The molecule has 36 heavy (non-hydrogen) atoms. The minimum atomic E-state index is -0.0740. The van der Waals surface area contributed by atoms with Crippen molar-refractivity contribution in [2.45, 2.75) is 18.5 Å². The molecule has 2 fully saturated rings. The third-order valence-electron chi connectivity index (χ3n) is 6.97. The number of carbonyl (C=O) groups is 2. The van der Waals surface area contributed by atoms with Gasteiger partial charge in [-0.3, -0.25) is 9.59 Å². The SMILES string of the molecule is O=C(c1ccc(C2SCC(=O)N2Cc2ccco2)cc1)N1CC[NH+](Cc2ccc3c(c2)OCO3)CC1. The number of hydrogen-bond donors (Lipinski definition) is 1. The van der Waals surface area contributed by atoms with Crippen molar-refractivity contribution in [2.24, 2.45) is 0 Å². The van der Waals surface area contributed by atoms with E-state index in [1.165, 1.54) is 10.5 Å². The second kappa shape index (κ2) is 9.91. The number of nitrogens with zero attached hydrogens (tertiary/aromatic N) is 2. The van der Waals surface area contributed by atoms with Crippen molar-refractivity contribution in [2.75, 3.05) is 38.7 Å². The zero-order valence-electron chi connectivity index (χ0n) is 19.9. The summed E-state index contributed by atoms with van der Waals surface area (Å²) < 4.78 is 16.3. The van der Waals surface area contributed by atoms with Crippen LogP contribution >= 0.6 is 11.8 Å². The number of carbonyl (C=O) groups excluding carboxylic acids is 2. The lowest BCUT2D eigenvalue weighted by atomic mass is 10.1. The van der Waals surface area contributed by atoms with Gasteiger partial charge in [0, 0.05) is 11.1 Å². The molecule has 0 radical (unpaired) electrons. The molecule has 1 unspecified atom stereocenters. The Labute approximate surface area is 213 Å². The summed E-state index contributed by atoms with van der Waals surface area (Å²) in [6, 6.07) is 17.5. The fourth-order valence-corrected chi connectivity index (χ4v) is 6.17. The molecule has 0 spiro atoms. The average Bonchev–Trinajstić information content (AvgIpc) is 3.67. The van der Waals surface area contributed by atoms with Gasteiger partial charge in [0.15, 0.2) is 11.5 Å². The van der Waals surface area contributed by atoms with E-state index in [-0.39, 0.29) is 24.0 Å². The standard InChI is InChI=1S/C27H27N3O5S/c31-25-17-36-27(30(25)16-22-2-1-13-33-22)21-6-4-20(5-7-21)26(32)29-11-9-28(10-12-29)15-19-3-8-23-24(14-19)35-18-34-23/h1-8,13-14,27H,9-12,15-18H2/p+1. The molecule has 1 N–H and O–H groups in total. The number of fused-ring (bicyclic) bond motifs is 1. The van der Waals surface area contributed by atoms with Gasteiger partial charge in [0.25, 0.3) is 5.91 Å². The van der Waals surface area contributed by atoms with Crippen LogP contribution in [0.5, 0.6) is 11.5 Å². The fraction of sp³-hybridized carbons (Fsp3) is 0.333. The van der Waals surface area contributed by atoms with Crippen LogP contribution in [-0.2, 0) is 17.9 Å². The van der Waals surface area contributed by atoms with E-state index in [2.05, 4.69) is 12.1 Å². The van der Waals surface area contributed by atoms with E-state index < -0.39 is 0 Å². The summed E-state index contributed by atoms with van der Waals surface area (Å²) in [7, 11) is 0. The van der Waals surface area contributed by atoms with E-state index in [1.807, 2.05) is 52.3 Å². The van der Waals surface area contributed by atoms with Crippen LogP contribution in [0.3, 0.4) is 0 Å². The molecule has 6 rings (SSSR count). The Morgan fingerprint density at radius 1 is 1.03 bits per heavy atom. The molecular formula is C27H28N3O5S+. The summed E-state index contributed by atoms with van der Waals surface area (Å²) in [5.74, 6) is 2.99. The van der Waals surface area contributed by atoms with E-state index in [4.69, 9.17) is 13.9 Å². The van der Waals surface area contributed by atoms with Crippen molar-refractivity contribution < 1.29 is 28.4 Å². The van der Waals surface area contributed by atoms with Gasteiger partial charge in [-0.2, -0.15) is 0 Å². The lowest BCUT2D eigenvalue weighted by molar-refractivity contribution is -0.917. The van der Waals surface area contributed by atoms with Gasteiger partial charge < -0.3 is 28.6 Å². The Morgan fingerprint density at radius 3 is 2.61 bits per heavy atom. The molecule has 0 saturated carbocycles. The second-order valence-electron chi connectivity index (χ2n) is 9.29. The van der Waals surface area contributed by atoms with Crippen LogP contribution in [0, 0.1) is 0 Å². The van der Waals surface area contributed by atoms with Gasteiger partial charge in [-0.1, -0.05) is 12.1 Å². The van der Waals surface area contributed by atoms with Crippen molar-refractivity contribution in [1.29, 1.82) is 0 Å². The molecule has 186 valence electrons. The van der Waals surface area contributed by atoms with Crippen LogP contribution in [0.25, 0.3) is 0 Å². The van der Waals surface area contributed by atoms with Crippen LogP contribution < -0.4 is 14.4 Å². The molecular weight excluding hydrogens is 478 g/mol. The number of piperazine rings is 1. The highest BCUT2D eigenvalue weighted by atomic mass is 32.2. The summed E-state index contributed by atoms with van der Waals surface area (Å²) in [5, 5.41) is -0.0740. The predicted molar refractivity (Wildman–Crippen MR) is 134 cm³/mol. The number of rotatable bonds is 6. The molecule has 0 bridgehead atoms. The Kier molecular flexibility index (Phi) is 6.33. The van der Waals surface area contributed by atoms with Gasteiger partial charge >= 0.3 is 0 Å². The summed E-state index contributed by atoms with van der Waals surface area (Å²) in [6.07, 6.45) is 1.62. The summed E-state index contributed by atoms with van der Waals surface area (Å²) in [6.45, 7) is 4.90. The molecule has 2 amide bonds.